The third kappa shape index (κ3) is 22.4. The van der Waals surface area contributed by atoms with Crippen LogP contribution in [0.1, 0.15) is 89.2 Å². The smallest absolute Gasteiger partial charge is 0.404 e. The lowest BCUT2D eigenvalue weighted by atomic mass is 9.99. The van der Waals surface area contributed by atoms with Crippen LogP contribution in [0.25, 0.3) is 0 Å². The molecule has 1 aromatic rings. The van der Waals surface area contributed by atoms with Crippen molar-refractivity contribution in [2.24, 2.45) is 17.4 Å². The molecule has 13 N–H and O–H groups in total. The second-order valence-electron chi connectivity index (χ2n) is 16.7. The van der Waals surface area contributed by atoms with Crippen molar-refractivity contribution in [3.63, 3.8) is 0 Å². The number of phosphoric ester groups is 1. The van der Waals surface area contributed by atoms with E-state index >= 15 is 0 Å². The number of primary amides is 1. The van der Waals surface area contributed by atoms with Crippen LogP contribution in [0.3, 0.4) is 0 Å². The molecular weight excluding hydrogens is 921 g/mol. The Kier molecular flexibility index (Phi) is 25.4. The number of carbonyl (C=O) groups excluding carboxylic acids is 7. The summed E-state index contributed by atoms with van der Waals surface area (Å²) in [6, 6.07) is 0.211. The van der Waals surface area contributed by atoms with E-state index in [4.69, 9.17) is 20.9 Å². The first kappa shape index (κ1) is 56.7. The Balaban J connectivity index is 1.39. The van der Waals surface area contributed by atoms with Crippen molar-refractivity contribution in [1.29, 1.82) is 0 Å². The third-order valence-corrected chi connectivity index (χ3v) is 12.6. The number of alkyl halides is 1. The summed E-state index contributed by atoms with van der Waals surface area (Å²) in [6.07, 6.45) is 3.49. The van der Waals surface area contributed by atoms with Gasteiger partial charge in [-0.25, -0.2) is 13.8 Å². The van der Waals surface area contributed by atoms with Crippen molar-refractivity contribution in [1.82, 2.24) is 37.2 Å². The Morgan fingerprint density at radius 2 is 1.49 bits per heavy atom. The van der Waals surface area contributed by atoms with Gasteiger partial charge >= 0.3 is 13.9 Å². The van der Waals surface area contributed by atoms with Gasteiger partial charge in [0.1, 0.15) is 30.5 Å². The van der Waals surface area contributed by atoms with Crippen molar-refractivity contribution in [2.45, 2.75) is 127 Å². The molecule has 25 heteroatoms. The Hall–Kier alpha value is -4.58. The monoisotopic (exact) mass is 989 g/mol. The maximum Gasteiger partial charge on any atom is 0.524 e. The Morgan fingerprint density at radius 1 is 0.851 bits per heavy atom. The van der Waals surface area contributed by atoms with E-state index in [0.717, 1.165) is 31.1 Å². The number of unbranched alkanes of at least 4 members (excludes halogenated alkanes) is 2. The van der Waals surface area contributed by atoms with E-state index in [1.165, 1.54) is 12.1 Å². The van der Waals surface area contributed by atoms with E-state index < -0.39 is 67.9 Å². The molecule has 67 heavy (non-hydrogen) atoms. The van der Waals surface area contributed by atoms with Gasteiger partial charge in [-0.1, -0.05) is 26.3 Å². The normalized spacial score (nSPS) is 17.9. The zero-order valence-electron chi connectivity index (χ0n) is 38.2. The van der Waals surface area contributed by atoms with Crippen LogP contribution in [0.5, 0.6) is 5.75 Å². The van der Waals surface area contributed by atoms with Crippen LogP contribution in [0.2, 0.25) is 0 Å². The number of ether oxygens (including phenoxy) is 2. The van der Waals surface area contributed by atoms with Crippen molar-refractivity contribution in [3.8, 4) is 5.75 Å². The first-order valence-electron chi connectivity index (χ1n) is 22.6. The predicted molar refractivity (Wildman–Crippen MR) is 246 cm³/mol. The molecule has 378 valence electrons. The lowest BCUT2D eigenvalue weighted by Gasteiger charge is -2.26. The van der Waals surface area contributed by atoms with Crippen LogP contribution in [0.4, 0.5) is 9.18 Å². The second kappa shape index (κ2) is 30.0. The molecule has 2 saturated heterocycles. The average Bonchev–Trinajstić information content (AvgIpc) is 3.82. The minimum absolute atomic E-state index is 0.0485. The summed E-state index contributed by atoms with van der Waals surface area (Å²) in [5.74, 6) is -3.08. The standard InChI is InChI=1S/C42H69FN9O13PS/c1-26(2)21-30(39(45)56)49-41(58)31(23-27-10-11-33(28(22-27)24-43)65-66(60,61)62)50-40(57)29(7-5-6-14-44)48-37(55)13-12-36(54)47-16-18-64-20-19-63-17-15-46-35(53)9-4-3-8-34-38-32(25-67-34)51-42(59)52-38/h10-11,22,26,29-32,34,38H,3-9,12-21,23-25,44H2,1-2H3,(H2,45,56)(H,46,53)(H,47,54)(H,48,55)(H,49,58)(H,50,57)(H2,51,52,59)(H2,60,61,62)/t29-,30-,31-,32?,34?,38?/m0/s1. The van der Waals surface area contributed by atoms with E-state index in [9.17, 15) is 52.3 Å². The molecule has 2 fully saturated rings. The number of nitrogens with one attached hydrogen (secondary N) is 7. The van der Waals surface area contributed by atoms with Crippen LogP contribution >= 0.6 is 19.6 Å². The van der Waals surface area contributed by atoms with Gasteiger partial charge in [0.25, 0.3) is 0 Å². The summed E-state index contributed by atoms with van der Waals surface area (Å²) >= 11 is 1.85. The zero-order valence-corrected chi connectivity index (χ0v) is 39.9. The summed E-state index contributed by atoms with van der Waals surface area (Å²) in [5, 5.41) is 19.5. The number of thioether (sulfide) groups is 1. The van der Waals surface area contributed by atoms with Gasteiger partial charge in [-0.2, -0.15) is 11.8 Å². The Bertz CT molecular complexity index is 1850. The average molecular weight is 990 g/mol. The second-order valence-corrected chi connectivity index (χ2v) is 19.1. The zero-order chi connectivity index (χ0) is 49.4. The van der Waals surface area contributed by atoms with Gasteiger partial charge in [-0.3, -0.25) is 38.6 Å². The number of halogens is 1. The maximum absolute atomic E-state index is 13.9. The fourth-order valence-corrected chi connectivity index (χ4v) is 9.32. The molecule has 2 aliphatic heterocycles. The van der Waals surface area contributed by atoms with Crippen LogP contribution in [-0.4, -0.2) is 139 Å². The molecule has 3 rings (SSSR count). The highest BCUT2D eigenvalue weighted by Crippen LogP contribution is 2.39. The van der Waals surface area contributed by atoms with Crippen LogP contribution in [0, 0.1) is 5.92 Å². The summed E-state index contributed by atoms with van der Waals surface area (Å²) in [7, 11) is -5.03. The van der Waals surface area contributed by atoms with E-state index in [2.05, 4.69) is 41.7 Å². The maximum atomic E-state index is 13.9. The van der Waals surface area contributed by atoms with E-state index in [1.807, 2.05) is 25.6 Å². The number of hydrogen-bond acceptors (Lipinski definition) is 13. The molecule has 0 bridgehead atoms. The molecule has 22 nitrogen and oxygen atoms in total. The molecule has 0 radical (unpaired) electrons. The molecule has 0 aromatic heterocycles. The number of hydrogen-bond donors (Lipinski definition) is 11. The quantitative estimate of drug-likeness (QED) is 0.0247. The summed E-state index contributed by atoms with van der Waals surface area (Å²) in [4.78, 5) is 107. The number of benzene rings is 1. The number of nitrogens with two attached hydrogens (primary N) is 2. The largest absolute Gasteiger partial charge is 0.524 e. The first-order valence-corrected chi connectivity index (χ1v) is 25.2. The SMILES string of the molecule is CC(C)C[C@H](NC(=O)[C@H](Cc1ccc(OP(=O)(O)O)c(CF)c1)NC(=O)[C@H](CCCCN)NC(=O)CCC(=O)NCCOCCOCCNC(=O)CCCCC1SCC2NC(=O)NC21)C(N)=O. The molecule has 0 saturated carbocycles. The number of rotatable bonds is 34. The van der Waals surface area contributed by atoms with Crippen molar-refractivity contribution >= 4 is 61.1 Å². The molecule has 2 aliphatic rings. The lowest BCUT2D eigenvalue weighted by Crippen LogP contribution is -2.57. The van der Waals surface area contributed by atoms with Gasteiger partial charge in [0, 0.05) is 55.3 Å². The molecule has 8 amide bonds. The molecule has 1 aromatic carbocycles. The molecule has 2 heterocycles. The van der Waals surface area contributed by atoms with E-state index in [1.54, 1.807) is 0 Å². The predicted octanol–water partition coefficient (Wildman–Crippen LogP) is 0.0565. The van der Waals surface area contributed by atoms with Crippen molar-refractivity contribution in [3.05, 3.63) is 29.3 Å². The molecule has 0 spiro atoms. The van der Waals surface area contributed by atoms with Crippen molar-refractivity contribution < 1.29 is 66.3 Å². The van der Waals surface area contributed by atoms with Crippen LogP contribution < -0.4 is 53.2 Å². The highest BCUT2D eigenvalue weighted by atomic mass is 32.2. The Labute approximate surface area is 394 Å². The number of amides is 8. The van der Waals surface area contributed by atoms with Gasteiger partial charge < -0.3 is 62.7 Å². The van der Waals surface area contributed by atoms with Gasteiger partial charge in [-0.05, 0) is 68.7 Å². The molecule has 6 atom stereocenters. The molecule has 0 aliphatic carbocycles. The van der Waals surface area contributed by atoms with Crippen molar-refractivity contribution in [2.75, 3.05) is 51.8 Å². The number of urea groups is 1. The lowest BCUT2D eigenvalue weighted by molar-refractivity contribution is -0.133. The minimum Gasteiger partial charge on any atom is -0.404 e. The number of carbonyl (C=O) groups is 7. The Morgan fingerprint density at radius 3 is 2.12 bits per heavy atom. The summed E-state index contributed by atoms with van der Waals surface area (Å²) in [6.45, 7) is 4.28. The van der Waals surface area contributed by atoms with Crippen LogP contribution in [-0.2, 0) is 55.9 Å². The highest BCUT2D eigenvalue weighted by Gasteiger charge is 2.42. The number of fused-ring (bicyclic) bond motifs is 1. The van der Waals surface area contributed by atoms with Crippen LogP contribution in [0.15, 0.2) is 18.2 Å². The summed E-state index contributed by atoms with van der Waals surface area (Å²) < 4.78 is 40.9. The minimum atomic E-state index is -5.03. The van der Waals surface area contributed by atoms with Gasteiger partial charge in [0.05, 0.1) is 38.5 Å². The topological polar surface area (TPSA) is 341 Å². The third-order valence-electron chi connectivity index (χ3n) is 10.7. The summed E-state index contributed by atoms with van der Waals surface area (Å²) in [5.41, 5.74) is 11.2. The first-order chi connectivity index (χ1) is 31.9. The van der Waals surface area contributed by atoms with E-state index in [0.29, 0.717) is 44.2 Å². The molecular formula is C42H69FN9O13PS. The highest BCUT2D eigenvalue weighted by molar-refractivity contribution is 8.00. The van der Waals surface area contributed by atoms with Gasteiger partial charge in [-0.15, -0.1) is 0 Å². The van der Waals surface area contributed by atoms with Gasteiger partial charge in [0.15, 0.2) is 0 Å². The van der Waals surface area contributed by atoms with Gasteiger partial charge in [0.2, 0.25) is 35.4 Å². The fourth-order valence-electron chi connectivity index (χ4n) is 7.34. The van der Waals surface area contributed by atoms with E-state index in [-0.39, 0.29) is 99.5 Å². The fraction of sp³-hybridized carbons (Fsp3) is 0.690. The number of phosphoric acid groups is 1. The molecule has 3 unspecified atom stereocenters.